The molecule has 16 heavy (non-hydrogen) atoms. The number of rotatable bonds is 7. The molecule has 0 aliphatic heterocycles. The first-order valence-corrected chi connectivity index (χ1v) is 7.37. The van der Waals surface area contributed by atoms with Gasteiger partial charge in [-0.15, -0.1) is 0 Å². The number of thioether (sulfide) groups is 2. The summed E-state index contributed by atoms with van der Waals surface area (Å²) in [6.07, 6.45) is 4.36. The van der Waals surface area contributed by atoms with Crippen molar-refractivity contribution >= 4 is 34.0 Å². The van der Waals surface area contributed by atoms with Crippen molar-refractivity contribution in [3.63, 3.8) is 0 Å². The number of carbonyl (C=O) groups is 2. The zero-order valence-corrected chi connectivity index (χ0v) is 11.5. The Labute approximate surface area is 106 Å². The van der Waals surface area contributed by atoms with Crippen LogP contribution in [-0.4, -0.2) is 36.1 Å². The lowest BCUT2D eigenvalue weighted by Crippen LogP contribution is -2.11. The average molecular weight is 264 g/mol. The van der Waals surface area contributed by atoms with Gasteiger partial charge in [0.2, 0.25) is 0 Å². The predicted molar refractivity (Wildman–Crippen MR) is 72.3 cm³/mol. The molecule has 0 aromatic carbocycles. The zero-order valence-electron chi connectivity index (χ0n) is 9.88. The molecule has 0 aliphatic carbocycles. The Morgan fingerprint density at radius 3 is 1.50 bits per heavy atom. The molecule has 0 bridgehead atoms. The highest BCUT2D eigenvalue weighted by atomic mass is 32.2. The second-order valence-corrected chi connectivity index (χ2v) is 5.32. The Kier molecular flexibility index (Phi) is 10.9. The molecule has 0 fully saturated rings. The highest BCUT2D eigenvalue weighted by Crippen LogP contribution is 2.11. The summed E-state index contributed by atoms with van der Waals surface area (Å²) in [4.78, 5) is 21.7. The molecular weight excluding hydrogens is 244 g/mol. The minimum Gasteiger partial charge on any atom is -0.350 e. The maximum atomic E-state index is 10.9. The summed E-state index contributed by atoms with van der Waals surface area (Å²) < 4.78 is 0. The van der Waals surface area contributed by atoms with E-state index in [1.54, 1.807) is 14.1 Å². The lowest BCUT2D eigenvalue weighted by atomic mass is 10.2. The molecule has 0 rings (SSSR count). The summed E-state index contributed by atoms with van der Waals surface area (Å²) in [7, 11) is 3.29. The number of carbonyl (C=O) groups excluding carboxylic acids is 2. The van der Waals surface area contributed by atoms with E-state index in [1.807, 2.05) is 0 Å². The molecule has 2 amide bonds. The molecule has 0 saturated carbocycles. The maximum absolute atomic E-state index is 10.9. The fraction of sp³-hybridized carbons (Fsp3) is 0.800. The van der Waals surface area contributed by atoms with Crippen molar-refractivity contribution in [2.24, 2.45) is 0 Å². The van der Waals surface area contributed by atoms with E-state index in [0.717, 1.165) is 37.2 Å². The van der Waals surface area contributed by atoms with Crippen LogP contribution in [0, 0.1) is 0 Å². The Balaban J connectivity index is 3.10. The van der Waals surface area contributed by atoms with Crippen LogP contribution in [0.5, 0.6) is 0 Å². The van der Waals surface area contributed by atoms with Gasteiger partial charge in [0.1, 0.15) is 0 Å². The first-order chi connectivity index (χ1) is 7.70. The van der Waals surface area contributed by atoms with Gasteiger partial charge in [0.05, 0.1) is 0 Å². The predicted octanol–water partition coefficient (Wildman–Crippen LogP) is 2.69. The van der Waals surface area contributed by atoms with Gasteiger partial charge in [0.15, 0.2) is 0 Å². The summed E-state index contributed by atoms with van der Waals surface area (Å²) in [5, 5.41) is 5.22. The van der Waals surface area contributed by atoms with Gasteiger partial charge in [0, 0.05) is 25.6 Å². The number of amides is 2. The van der Waals surface area contributed by atoms with Crippen molar-refractivity contribution in [1.29, 1.82) is 0 Å². The molecule has 0 heterocycles. The van der Waals surface area contributed by atoms with Crippen LogP contribution in [0.4, 0.5) is 9.59 Å². The molecule has 4 nitrogen and oxygen atoms in total. The third kappa shape index (κ3) is 10.2. The highest BCUT2D eigenvalue weighted by Gasteiger charge is 1.99. The van der Waals surface area contributed by atoms with Gasteiger partial charge in [-0.1, -0.05) is 36.4 Å². The summed E-state index contributed by atoms with van der Waals surface area (Å²) in [5.74, 6) is 1.75. The molecule has 94 valence electrons. The van der Waals surface area contributed by atoms with E-state index in [2.05, 4.69) is 10.6 Å². The molecule has 0 aliphatic rings. The van der Waals surface area contributed by atoms with Crippen molar-refractivity contribution in [3.05, 3.63) is 0 Å². The molecule has 6 heteroatoms. The van der Waals surface area contributed by atoms with E-state index in [1.165, 1.54) is 23.5 Å². The van der Waals surface area contributed by atoms with Gasteiger partial charge in [0.25, 0.3) is 10.5 Å². The van der Waals surface area contributed by atoms with Gasteiger partial charge in [-0.2, -0.15) is 0 Å². The van der Waals surface area contributed by atoms with Gasteiger partial charge in [-0.3, -0.25) is 9.59 Å². The lowest BCUT2D eigenvalue weighted by molar-refractivity contribution is 0.261. The van der Waals surface area contributed by atoms with E-state index in [4.69, 9.17) is 0 Å². The van der Waals surface area contributed by atoms with Crippen LogP contribution >= 0.6 is 23.5 Å². The van der Waals surface area contributed by atoms with Crippen molar-refractivity contribution in [1.82, 2.24) is 10.6 Å². The maximum Gasteiger partial charge on any atom is 0.278 e. The van der Waals surface area contributed by atoms with Gasteiger partial charge < -0.3 is 10.6 Å². The fourth-order valence-corrected chi connectivity index (χ4v) is 2.39. The molecule has 0 unspecified atom stereocenters. The monoisotopic (exact) mass is 264 g/mol. The van der Waals surface area contributed by atoms with Gasteiger partial charge in [-0.05, 0) is 12.8 Å². The highest BCUT2D eigenvalue weighted by molar-refractivity contribution is 8.13. The van der Waals surface area contributed by atoms with E-state index >= 15 is 0 Å². The van der Waals surface area contributed by atoms with Crippen LogP contribution < -0.4 is 10.6 Å². The quantitative estimate of drug-likeness (QED) is 0.694. The van der Waals surface area contributed by atoms with E-state index in [0.29, 0.717) is 0 Å². The average Bonchev–Trinajstić information content (AvgIpc) is 2.31. The largest absolute Gasteiger partial charge is 0.350 e. The van der Waals surface area contributed by atoms with E-state index < -0.39 is 0 Å². The normalized spacial score (nSPS) is 9.88. The van der Waals surface area contributed by atoms with Crippen LogP contribution in [-0.2, 0) is 0 Å². The molecule has 0 spiro atoms. The first-order valence-electron chi connectivity index (χ1n) is 5.39. The molecule has 0 saturated heterocycles. The summed E-state index contributed by atoms with van der Waals surface area (Å²) in [6, 6.07) is 0. The topological polar surface area (TPSA) is 58.2 Å². The molecule has 0 aromatic heterocycles. The minimum atomic E-state index is 0.0372. The van der Waals surface area contributed by atoms with Crippen molar-refractivity contribution in [2.45, 2.75) is 25.7 Å². The van der Waals surface area contributed by atoms with Crippen molar-refractivity contribution in [2.75, 3.05) is 25.6 Å². The van der Waals surface area contributed by atoms with Crippen molar-refractivity contribution < 1.29 is 9.59 Å². The Morgan fingerprint density at radius 2 is 1.19 bits per heavy atom. The number of nitrogens with one attached hydrogen (secondary N) is 2. The Bertz CT molecular complexity index is 191. The zero-order chi connectivity index (χ0) is 12.2. The van der Waals surface area contributed by atoms with Crippen molar-refractivity contribution in [3.8, 4) is 0 Å². The smallest absolute Gasteiger partial charge is 0.278 e. The molecule has 2 N–H and O–H groups in total. The van der Waals surface area contributed by atoms with Crippen LogP contribution in [0.15, 0.2) is 0 Å². The lowest BCUT2D eigenvalue weighted by Gasteiger charge is -2.01. The number of unbranched alkanes of at least 4 members (excludes halogenated alkanes) is 3. The second kappa shape index (κ2) is 11.1. The van der Waals surface area contributed by atoms with Crippen LogP contribution in [0.2, 0.25) is 0 Å². The van der Waals surface area contributed by atoms with Crippen LogP contribution in [0.3, 0.4) is 0 Å². The fourth-order valence-electron chi connectivity index (χ4n) is 1.03. The molecule has 0 atom stereocenters. The first kappa shape index (κ1) is 15.6. The Morgan fingerprint density at radius 1 is 0.812 bits per heavy atom. The van der Waals surface area contributed by atoms with E-state index in [-0.39, 0.29) is 10.5 Å². The third-order valence-electron chi connectivity index (χ3n) is 1.91. The molecular formula is C10H20N2O2S2. The third-order valence-corrected chi connectivity index (χ3v) is 3.83. The van der Waals surface area contributed by atoms with Crippen LogP contribution in [0.25, 0.3) is 0 Å². The number of hydrogen-bond donors (Lipinski definition) is 2. The molecule has 0 aromatic rings. The SMILES string of the molecule is CNC(=O)SCCCCCCSC(=O)NC. The summed E-state index contributed by atoms with van der Waals surface area (Å²) >= 11 is 2.66. The Hall–Kier alpha value is -0.360. The van der Waals surface area contributed by atoms with E-state index in [9.17, 15) is 9.59 Å². The molecule has 0 radical (unpaired) electrons. The minimum absolute atomic E-state index is 0.0372. The number of hydrogen-bond acceptors (Lipinski definition) is 4. The second-order valence-electron chi connectivity index (χ2n) is 3.19. The van der Waals surface area contributed by atoms with Gasteiger partial charge in [-0.25, -0.2) is 0 Å². The van der Waals surface area contributed by atoms with Crippen LogP contribution in [0.1, 0.15) is 25.7 Å². The summed E-state index contributed by atoms with van der Waals surface area (Å²) in [6.45, 7) is 0. The standard InChI is InChI=1S/C10H20N2O2S2/c1-11-9(13)15-7-5-3-4-6-8-16-10(14)12-2/h3-8H2,1-2H3,(H,11,13)(H,12,14). The van der Waals surface area contributed by atoms with Gasteiger partial charge >= 0.3 is 0 Å². The summed E-state index contributed by atoms with van der Waals surface area (Å²) in [5.41, 5.74) is 0.